The van der Waals surface area contributed by atoms with Gasteiger partial charge in [0.25, 0.3) is 0 Å². The van der Waals surface area contributed by atoms with Crippen LogP contribution in [0.15, 0.2) is 6.20 Å². The number of anilines is 1. The van der Waals surface area contributed by atoms with E-state index in [1.165, 1.54) is 0 Å². The number of aromatic nitrogens is 2. The highest BCUT2D eigenvalue weighted by Crippen LogP contribution is 2.21. The Balaban J connectivity index is 2.50. The van der Waals surface area contributed by atoms with Crippen LogP contribution < -0.4 is 4.90 Å². The smallest absolute Gasteiger partial charge is 0.155 e. The molecule has 1 aliphatic rings. The second kappa shape index (κ2) is 2.62. The Morgan fingerprint density at radius 2 is 2.42 bits per heavy atom. The van der Waals surface area contributed by atoms with Gasteiger partial charge in [-0.15, -0.1) is 0 Å². The van der Waals surface area contributed by atoms with E-state index in [4.69, 9.17) is 0 Å². The van der Waals surface area contributed by atoms with Gasteiger partial charge in [0.2, 0.25) is 0 Å². The second-order valence-corrected chi connectivity index (χ2v) is 3.04. The number of hydrogen-bond donors (Lipinski definition) is 0. The van der Waals surface area contributed by atoms with Gasteiger partial charge in [0.05, 0.1) is 11.8 Å². The molecule has 0 aliphatic carbocycles. The number of nitrogens with zero attached hydrogens (tertiary/aromatic N) is 3. The number of carbonyl (C=O) groups excluding carboxylic acids is 1. The zero-order valence-electron chi connectivity index (χ0n) is 7.03. The largest absolute Gasteiger partial charge is 0.359 e. The first kappa shape index (κ1) is 7.34. The molecule has 1 aromatic heterocycles. The van der Waals surface area contributed by atoms with Gasteiger partial charge in [-0.25, -0.2) is 4.68 Å². The Hall–Kier alpha value is -1.32. The van der Waals surface area contributed by atoms with Gasteiger partial charge in [0.15, 0.2) is 6.29 Å². The Morgan fingerprint density at radius 3 is 3.17 bits per heavy atom. The van der Waals surface area contributed by atoms with Crippen LogP contribution in [0.2, 0.25) is 0 Å². The number of aldehydes is 1. The molecule has 12 heavy (non-hydrogen) atoms. The minimum Gasteiger partial charge on any atom is -0.359 e. The highest BCUT2D eigenvalue weighted by Gasteiger charge is 2.17. The van der Waals surface area contributed by atoms with E-state index in [1.807, 2.05) is 11.7 Å². The zero-order chi connectivity index (χ0) is 8.55. The third-order valence-electron chi connectivity index (χ3n) is 2.19. The fraction of sp³-hybridized carbons (Fsp3) is 0.500. The van der Waals surface area contributed by atoms with Crippen LogP contribution in [-0.4, -0.2) is 29.7 Å². The molecule has 1 aliphatic heterocycles. The fourth-order valence-electron chi connectivity index (χ4n) is 1.62. The highest BCUT2D eigenvalue weighted by atomic mass is 16.1. The number of fused-ring (bicyclic) bond motifs is 1. The lowest BCUT2D eigenvalue weighted by Gasteiger charge is -2.25. The topological polar surface area (TPSA) is 38.1 Å². The molecule has 0 aromatic carbocycles. The molecule has 0 unspecified atom stereocenters. The lowest BCUT2D eigenvalue weighted by Crippen LogP contribution is -2.28. The van der Waals surface area contributed by atoms with Crippen LogP contribution in [0.4, 0.5) is 5.82 Å². The molecular weight excluding hydrogens is 154 g/mol. The van der Waals surface area contributed by atoms with Crippen LogP contribution in [0, 0.1) is 0 Å². The predicted molar refractivity (Wildman–Crippen MR) is 45.5 cm³/mol. The van der Waals surface area contributed by atoms with E-state index in [2.05, 4.69) is 10.00 Å². The quantitative estimate of drug-likeness (QED) is 0.570. The maximum Gasteiger partial charge on any atom is 0.155 e. The third kappa shape index (κ3) is 0.913. The molecule has 4 heteroatoms. The average molecular weight is 165 g/mol. The summed E-state index contributed by atoms with van der Waals surface area (Å²) in [5, 5.41) is 4.12. The number of hydrogen-bond acceptors (Lipinski definition) is 3. The van der Waals surface area contributed by atoms with Crippen molar-refractivity contribution in [3.63, 3.8) is 0 Å². The SMILES string of the molecule is CN1CCCn2ncc(C=O)c21. The van der Waals surface area contributed by atoms with Crippen molar-refractivity contribution >= 4 is 12.1 Å². The van der Waals surface area contributed by atoms with Crippen molar-refractivity contribution in [1.29, 1.82) is 0 Å². The van der Waals surface area contributed by atoms with Crippen molar-refractivity contribution in [2.75, 3.05) is 18.5 Å². The summed E-state index contributed by atoms with van der Waals surface area (Å²) in [5.74, 6) is 0.955. The molecule has 0 N–H and O–H groups in total. The van der Waals surface area contributed by atoms with Crippen LogP contribution in [0.1, 0.15) is 16.8 Å². The van der Waals surface area contributed by atoms with E-state index in [0.29, 0.717) is 5.56 Å². The van der Waals surface area contributed by atoms with Crippen LogP contribution in [-0.2, 0) is 6.54 Å². The lowest BCUT2D eigenvalue weighted by atomic mass is 10.3. The summed E-state index contributed by atoms with van der Waals surface area (Å²) in [6.45, 7) is 1.93. The average Bonchev–Trinajstić information content (AvgIpc) is 2.49. The maximum absolute atomic E-state index is 10.6. The molecule has 4 nitrogen and oxygen atoms in total. The van der Waals surface area contributed by atoms with Crippen LogP contribution in [0.5, 0.6) is 0 Å². The molecule has 0 atom stereocenters. The number of rotatable bonds is 1. The Labute approximate surface area is 70.8 Å². The number of aryl methyl sites for hydroxylation is 1. The van der Waals surface area contributed by atoms with Crippen molar-refractivity contribution in [3.05, 3.63) is 11.8 Å². The summed E-state index contributed by atoms with van der Waals surface area (Å²) in [4.78, 5) is 12.7. The van der Waals surface area contributed by atoms with Crippen LogP contribution in [0.3, 0.4) is 0 Å². The molecular formula is C8H11N3O. The van der Waals surface area contributed by atoms with Gasteiger partial charge in [-0.3, -0.25) is 4.79 Å². The summed E-state index contributed by atoms with van der Waals surface area (Å²) < 4.78 is 1.88. The molecule has 0 radical (unpaired) electrons. The Bertz CT molecular complexity index is 305. The van der Waals surface area contributed by atoms with E-state index < -0.39 is 0 Å². The van der Waals surface area contributed by atoms with Gasteiger partial charge >= 0.3 is 0 Å². The molecule has 0 saturated carbocycles. The monoisotopic (exact) mass is 165 g/mol. The van der Waals surface area contributed by atoms with Crippen molar-refractivity contribution in [1.82, 2.24) is 9.78 Å². The summed E-state index contributed by atoms with van der Waals surface area (Å²) in [6, 6.07) is 0. The van der Waals surface area contributed by atoms with E-state index in [0.717, 1.165) is 31.6 Å². The van der Waals surface area contributed by atoms with Gasteiger partial charge < -0.3 is 4.90 Å². The minimum atomic E-state index is 0.692. The zero-order valence-corrected chi connectivity index (χ0v) is 7.03. The third-order valence-corrected chi connectivity index (χ3v) is 2.19. The van der Waals surface area contributed by atoms with Crippen molar-refractivity contribution < 1.29 is 4.79 Å². The molecule has 0 amide bonds. The second-order valence-electron chi connectivity index (χ2n) is 3.04. The molecule has 2 rings (SSSR count). The standard InChI is InChI=1S/C8H11N3O/c1-10-3-2-4-11-8(10)7(6-12)5-9-11/h5-6H,2-4H2,1H3. The molecule has 0 bridgehead atoms. The van der Waals surface area contributed by atoms with E-state index in [-0.39, 0.29) is 0 Å². The van der Waals surface area contributed by atoms with Crippen LogP contribution >= 0.6 is 0 Å². The van der Waals surface area contributed by atoms with Gasteiger partial charge in [-0.1, -0.05) is 0 Å². The first-order valence-electron chi connectivity index (χ1n) is 4.05. The van der Waals surface area contributed by atoms with E-state index >= 15 is 0 Å². The summed E-state index contributed by atoms with van der Waals surface area (Å²) in [7, 11) is 1.99. The molecule has 2 heterocycles. The lowest BCUT2D eigenvalue weighted by molar-refractivity contribution is 0.112. The Morgan fingerprint density at radius 1 is 1.58 bits per heavy atom. The van der Waals surface area contributed by atoms with Crippen molar-refractivity contribution in [2.24, 2.45) is 0 Å². The van der Waals surface area contributed by atoms with E-state index in [9.17, 15) is 4.79 Å². The van der Waals surface area contributed by atoms with Gasteiger partial charge in [-0.2, -0.15) is 5.10 Å². The molecule has 64 valence electrons. The predicted octanol–water partition coefficient (Wildman–Crippen LogP) is 0.535. The van der Waals surface area contributed by atoms with Gasteiger partial charge in [0, 0.05) is 20.1 Å². The molecule has 0 fully saturated rings. The normalized spacial score (nSPS) is 15.9. The molecule has 0 saturated heterocycles. The summed E-state index contributed by atoms with van der Waals surface area (Å²) in [5.41, 5.74) is 0.692. The first-order chi connectivity index (χ1) is 5.83. The van der Waals surface area contributed by atoms with Crippen LogP contribution in [0.25, 0.3) is 0 Å². The molecule has 1 aromatic rings. The summed E-state index contributed by atoms with van der Waals surface area (Å²) >= 11 is 0. The highest BCUT2D eigenvalue weighted by molar-refractivity contribution is 5.82. The van der Waals surface area contributed by atoms with Gasteiger partial charge in [0.1, 0.15) is 5.82 Å². The van der Waals surface area contributed by atoms with E-state index in [1.54, 1.807) is 6.20 Å². The Kier molecular flexibility index (Phi) is 1.60. The first-order valence-corrected chi connectivity index (χ1v) is 4.05. The fourth-order valence-corrected chi connectivity index (χ4v) is 1.62. The molecule has 0 spiro atoms. The van der Waals surface area contributed by atoms with Gasteiger partial charge in [-0.05, 0) is 6.42 Å². The summed E-state index contributed by atoms with van der Waals surface area (Å²) in [6.07, 6.45) is 3.59. The van der Waals surface area contributed by atoms with Crippen molar-refractivity contribution in [2.45, 2.75) is 13.0 Å². The minimum absolute atomic E-state index is 0.692. The van der Waals surface area contributed by atoms with Crippen molar-refractivity contribution in [3.8, 4) is 0 Å². The number of carbonyl (C=O) groups is 1. The maximum atomic E-state index is 10.6.